The summed E-state index contributed by atoms with van der Waals surface area (Å²) in [7, 11) is -2.12. The standard InChI is InChI=1S/C24H27N3O4S2/c1-31-18-10-12-19(13-11-18)33(29,30)26-14-4-6-17(16-26)24(28)27-15-5-8-21(27)23-25-20-7-2-3-9-22(20)32-23/h2-3,7,9-13,17,21H,4-6,8,14-16H2,1H3/t17-,21-/m1/s1. The Bertz CT molecular complexity index is 1220. The number of hydrogen-bond donors (Lipinski definition) is 0. The lowest BCUT2D eigenvalue weighted by atomic mass is 9.97. The van der Waals surface area contributed by atoms with Crippen LogP contribution in [0.25, 0.3) is 10.2 Å². The van der Waals surface area contributed by atoms with E-state index in [4.69, 9.17) is 9.72 Å². The monoisotopic (exact) mass is 485 g/mol. The normalized spacial score (nSPS) is 22.0. The highest BCUT2D eigenvalue weighted by Crippen LogP contribution is 2.38. The second kappa shape index (κ2) is 9.04. The molecule has 2 atom stereocenters. The van der Waals surface area contributed by atoms with E-state index in [1.807, 2.05) is 23.1 Å². The number of fused-ring (bicyclic) bond motifs is 1. The lowest BCUT2D eigenvalue weighted by Crippen LogP contribution is -2.46. The van der Waals surface area contributed by atoms with Crippen molar-refractivity contribution in [3.8, 4) is 5.75 Å². The van der Waals surface area contributed by atoms with Crippen LogP contribution in [0.1, 0.15) is 36.7 Å². The third-order valence-electron chi connectivity index (χ3n) is 6.56. The van der Waals surface area contributed by atoms with Gasteiger partial charge < -0.3 is 9.64 Å². The highest BCUT2D eigenvalue weighted by Gasteiger charge is 2.39. The molecule has 2 fully saturated rings. The third-order valence-corrected chi connectivity index (χ3v) is 9.58. The molecule has 3 aromatic rings. The van der Waals surface area contributed by atoms with Gasteiger partial charge in [-0.05, 0) is 62.1 Å². The minimum atomic E-state index is -3.66. The molecule has 174 valence electrons. The van der Waals surface area contributed by atoms with Crippen LogP contribution < -0.4 is 4.74 Å². The lowest BCUT2D eigenvalue weighted by molar-refractivity contribution is -0.137. The van der Waals surface area contributed by atoms with Gasteiger partial charge in [0.2, 0.25) is 15.9 Å². The first-order valence-electron chi connectivity index (χ1n) is 11.3. The van der Waals surface area contributed by atoms with Crippen molar-refractivity contribution in [1.29, 1.82) is 0 Å². The van der Waals surface area contributed by atoms with Gasteiger partial charge in [0.15, 0.2) is 0 Å². The third kappa shape index (κ3) is 4.25. The quantitative estimate of drug-likeness (QED) is 0.544. The Morgan fingerprint density at radius 2 is 1.82 bits per heavy atom. The molecule has 0 spiro atoms. The van der Waals surface area contributed by atoms with Gasteiger partial charge in [-0.3, -0.25) is 4.79 Å². The van der Waals surface area contributed by atoms with E-state index < -0.39 is 10.0 Å². The van der Waals surface area contributed by atoms with E-state index in [1.165, 1.54) is 4.31 Å². The van der Waals surface area contributed by atoms with E-state index >= 15 is 0 Å². The van der Waals surface area contributed by atoms with Crippen molar-refractivity contribution in [2.45, 2.75) is 36.6 Å². The zero-order valence-electron chi connectivity index (χ0n) is 18.5. The number of methoxy groups -OCH3 is 1. The van der Waals surface area contributed by atoms with Gasteiger partial charge in [-0.25, -0.2) is 13.4 Å². The number of benzene rings is 2. The molecular weight excluding hydrogens is 458 g/mol. The van der Waals surface area contributed by atoms with Crippen LogP contribution >= 0.6 is 11.3 Å². The molecule has 0 saturated carbocycles. The first-order chi connectivity index (χ1) is 16.0. The Labute approximate surface area is 198 Å². The number of piperidine rings is 1. The second-order valence-electron chi connectivity index (χ2n) is 8.59. The first-order valence-corrected chi connectivity index (χ1v) is 13.5. The Hall–Kier alpha value is -2.49. The second-order valence-corrected chi connectivity index (χ2v) is 11.6. The number of amides is 1. The summed E-state index contributed by atoms with van der Waals surface area (Å²) in [6.07, 6.45) is 3.21. The van der Waals surface area contributed by atoms with Crippen LogP contribution in [0.15, 0.2) is 53.4 Å². The molecule has 0 bridgehead atoms. The molecule has 3 heterocycles. The highest BCUT2D eigenvalue weighted by molar-refractivity contribution is 7.89. The molecule has 2 saturated heterocycles. The average Bonchev–Trinajstić information content (AvgIpc) is 3.50. The number of carbonyl (C=O) groups is 1. The SMILES string of the molecule is COc1ccc(S(=O)(=O)N2CCC[C@@H](C(=O)N3CCC[C@@H]3c3nc4ccccc4s3)C2)cc1. The summed E-state index contributed by atoms with van der Waals surface area (Å²) >= 11 is 1.65. The summed E-state index contributed by atoms with van der Waals surface area (Å²) < 4.78 is 34.2. The predicted molar refractivity (Wildman–Crippen MR) is 128 cm³/mol. The first kappa shape index (κ1) is 22.3. The Morgan fingerprint density at radius 3 is 2.58 bits per heavy atom. The summed E-state index contributed by atoms with van der Waals surface area (Å²) in [4.78, 5) is 20.5. The average molecular weight is 486 g/mol. The van der Waals surface area contributed by atoms with Gasteiger partial charge in [-0.15, -0.1) is 11.3 Å². The van der Waals surface area contributed by atoms with Crippen molar-refractivity contribution in [1.82, 2.24) is 14.2 Å². The maximum absolute atomic E-state index is 13.6. The van der Waals surface area contributed by atoms with Crippen LogP contribution in [0.5, 0.6) is 5.75 Å². The molecule has 5 rings (SSSR count). The lowest BCUT2D eigenvalue weighted by Gasteiger charge is -2.34. The molecule has 9 heteroatoms. The van der Waals surface area contributed by atoms with E-state index in [-0.39, 0.29) is 29.3 Å². The van der Waals surface area contributed by atoms with Gasteiger partial charge in [0.1, 0.15) is 10.8 Å². The summed E-state index contributed by atoms with van der Waals surface area (Å²) in [6, 6.07) is 14.4. The molecule has 1 aromatic heterocycles. The largest absolute Gasteiger partial charge is 0.497 e. The number of likely N-dealkylation sites (tertiary alicyclic amines) is 1. The number of aromatic nitrogens is 1. The van der Waals surface area contributed by atoms with Crippen molar-refractivity contribution >= 4 is 37.5 Å². The fraction of sp³-hybridized carbons (Fsp3) is 0.417. The fourth-order valence-corrected chi connectivity index (χ4v) is 7.45. The molecule has 0 N–H and O–H groups in total. The van der Waals surface area contributed by atoms with Crippen LogP contribution in [0.4, 0.5) is 0 Å². The zero-order valence-corrected chi connectivity index (χ0v) is 20.1. The van der Waals surface area contributed by atoms with E-state index in [0.717, 1.165) is 28.1 Å². The molecule has 33 heavy (non-hydrogen) atoms. The van der Waals surface area contributed by atoms with Crippen molar-refractivity contribution in [3.05, 3.63) is 53.5 Å². The number of nitrogens with zero attached hydrogens (tertiary/aromatic N) is 3. The fourth-order valence-electron chi connectivity index (χ4n) is 4.81. The minimum Gasteiger partial charge on any atom is -0.497 e. The van der Waals surface area contributed by atoms with Gasteiger partial charge in [-0.1, -0.05) is 12.1 Å². The molecule has 2 aromatic carbocycles. The van der Waals surface area contributed by atoms with Crippen LogP contribution in [0.3, 0.4) is 0 Å². The Morgan fingerprint density at radius 1 is 1.06 bits per heavy atom. The topological polar surface area (TPSA) is 79.8 Å². The van der Waals surface area contributed by atoms with Gasteiger partial charge in [0.05, 0.1) is 34.2 Å². The van der Waals surface area contributed by atoms with Crippen LogP contribution in [0.2, 0.25) is 0 Å². The molecular formula is C24H27N3O4S2. The minimum absolute atomic E-state index is 0.0246. The summed E-state index contributed by atoms with van der Waals surface area (Å²) in [5.74, 6) is 0.323. The Kier molecular flexibility index (Phi) is 6.11. The van der Waals surface area contributed by atoms with E-state index in [0.29, 0.717) is 31.7 Å². The van der Waals surface area contributed by atoms with Gasteiger partial charge in [0.25, 0.3) is 0 Å². The maximum atomic E-state index is 13.6. The summed E-state index contributed by atoms with van der Waals surface area (Å²) in [5, 5.41) is 0.973. The van der Waals surface area contributed by atoms with Crippen LogP contribution in [0, 0.1) is 5.92 Å². The highest BCUT2D eigenvalue weighted by atomic mass is 32.2. The predicted octanol–water partition coefficient (Wildman–Crippen LogP) is 4.07. The number of carbonyl (C=O) groups excluding carboxylic acids is 1. The van der Waals surface area contributed by atoms with Crippen LogP contribution in [-0.4, -0.2) is 55.3 Å². The number of para-hydroxylation sites is 1. The van der Waals surface area contributed by atoms with Crippen molar-refractivity contribution in [3.63, 3.8) is 0 Å². The van der Waals surface area contributed by atoms with Crippen molar-refractivity contribution in [2.24, 2.45) is 5.92 Å². The van der Waals surface area contributed by atoms with Crippen molar-refractivity contribution in [2.75, 3.05) is 26.7 Å². The number of ether oxygens (including phenoxy) is 1. The van der Waals surface area contributed by atoms with Gasteiger partial charge in [0, 0.05) is 19.6 Å². The Balaban J connectivity index is 1.33. The van der Waals surface area contributed by atoms with Crippen LogP contribution in [-0.2, 0) is 14.8 Å². The summed E-state index contributed by atoms with van der Waals surface area (Å²) in [6.45, 7) is 1.34. The van der Waals surface area contributed by atoms with Gasteiger partial charge in [-0.2, -0.15) is 4.31 Å². The molecule has 0 unspecified atom stereocenters. The van der Waals surface area contributed by atoms with Gasteiger partial charge >= 0.3 is 0 Å². The smallest absolute Gasteiger partial charge is 0.243 e. The van der Waals surface area contributed by atoms with E-state index in [2.05, 4.69) is 6.07 Å². The zero-order chi connectivity index (χ0) is 23.0. The molecule has 1 amide bonds. The van der Waals surface area contributed by atoms with E-state index in [1.54, 1.807) is 42.7 Å². The maximum Gasteiger partial charge on any atom is 0.243 e. The number of thiazole rings is 1. The number of rotatable bonds is 5. The molecule has 0 radical (unpaired) electrons. The van der Waals surface area contributed by atoms with E-state index in [9.17, 15) is 13.2 Å². The summed E-state index contributed by atoms with van der Waals surface area (Å²) in [5.41, 5.74) is 0.964. The number of sulfonamides is 1. The molecule has 0 aliphatic carbocycles. The molecule has 7 nitrogen and oxygen atoms in total. The number of hydrogen-bond acceptors (Lipinski definition) is 6. The van der Waals surface area contributed by atoms with Crippen molar-refractivity contribution < 1.29 is 17.9 Å². The molecule has 2 aliphatic heterocycles. The molecule has 2 aliphatic rings.